The second-order valence-corrected chi connectivity index (χ2v) is 4.70. The molecule has 0 saturated heterocycles. The van der Waals surface area contributed by atoms with Crippen LogP contribution in [-0.4, -0.2) is 25.0 Å². The summed E-state index contributed by atoms with van der Waals surface area (Å²) in [5.41, 5.74) is 1.08. The van der Waals surface area contributed by atoms with Gasteiger partial charge in [-0.1, -0.05) is 18.2 Å². The Hall–Kier alpha value is -3.02. The molecule has 0 spiro atoms. The second-order valence-electron chi connectivity index (χ2n) is 4.70. The van der Waals surface area contributed by atoms with Crippen molar-refractivity contribution in [1.82, 2.24) is 0 Å². The lowest BCUT2D eigenvalue weighted by Crippen LogP contribution is -2.45. The maximum absolute atomic E-state index is 12.2. The smallest absolute Gasteiger partial charge is 0.275 e. The van der Waals surface area contributed by atoms with Gasteiger partial charge in [-0.05, 0) is 24.3 Å². The van der Waals surface area contributed by atoms with Crippen LogP contribution in [0.1, 0.15) is 0 Å². The van der Waals surface area contributed by atoms with Crippen LogP contribution in [0.2, 0.25) is 0 Å². The Labute approximate surface area is 127 Å². The van der Waals surface area contributed by atoms with Gasteiger partial charge in [-0.2, -0.15) is 0 Å². The van der Waals surface area contributed by atoms with Crippen molar-refractivity contribution >= 4 is 23.2 Å². The van der Waals surface area contributed by atoms with Crippen molar-refractivity contribution in [3.05, 3.63) is 48.5 Å². The van der Waals surface area contributed by atoms with Crippen LogP contribution in [0.3, 0.4) is 0 Å². The molecule has 2 N–H and O–H groups in total. The SMILES string of the molecule is COc1cccc(NC(=O)[C@@H]2Oc3ccccc3NC2=O)c1. The number of para-hydroxylation sites is 2. The third-order valence-corrected chi connectivity index (χ3v) is 3.20. The van der Waals surface area contributed by atoms with Gasteiger partial charge in [0.05, 0.1) is 12.8 Å². The summed E-state index contributed by atoms with van der Waals surface area (Å²) in [4.78, 5) is 24.2. The van der Waals surface area contributed by atoms with E-state index >= 15 is 0 Å². The van der Waals surface area contributed by atoms with Gasteiger partial charge >= 0.3 is 0 Å². The van der Waals surface area contributed by atoms with Crippen molar-refractivity contribution < 1.29 is 19.1 Å². The average Bonchev–Trinajstić information content (AvgIpc) is 2.54. The molecule has 112 valence electrons. The van der Waals surface area contributed by atoms with Gasteiger partial charge in [-0.25, -0.2) is 0 Å². The highest BCUT2D eigenvalue weighted by molar-refractivity contribution is 6.15. The third-order valence-electron chi connectivity index (χ3n) is 3.20. The predicted octanol–water partition coefficient (Wildman–Crippen LogP) is 2.03. The summed E-state index contributed by atoms with van der Waals surface area (Å²) in [5.74, 6) is 0.0319. The monoisotopic (exact) mass is 298 g/mol. The lowest BCUT2D eigenvalue weighted by atomic mass is 10.2. The summed E-state index contributed by atoms with van der Waals surface area (Å²) in [6.07, 6.45) is -1.24. The standard InChI is InChI=1S/C16H14N2O4/c1-21-11-6-4-5-10(9-11)17-15(19)14-16(20)18-12-7-2-3-8-13(12)22-14/h2-9,14H,1H3,(H,17,19)(H,18,20)/t14-/m0/s1. The van der Waals surface area contributed by atoms with E-state index in [-0.39, 0.29) is 0 Å². The number of anilines is 2. The molecule has 0 unspecified atom stereocenters. The van der Waals surface area contributed by atoms with Gasteiger partial charge in [0.2, 0.25) is 0 Å². The van der Waals surface area contributed by atoms with Gasteiger partial charge in [-0.15, -0.1) is 0 Å². The summed E-state index contributed by atoms with van der Waals surface area (Å²) in [7, 11) is 1.54. The first-order valence-corrected chi connectivity index (χ1v) is 6.69. The van der Waals surface area contributed by atoms with Crippen LogP contribution in [0.15, 0.2) is 48.5 Å². The first-order chi connectivity index (χ1) is 10.7. The summed E-state index contributed by atoms with van der Waals surface area (Å²) in [6.45, 7) is 0. The third kappa shape index (κ3) is 2.71. The highest BCUT2D eigenvalue weighted by atomic mass is 16.5. The Morgan fingerprint density at radius 3 is 2.86 bits per heavy atom. The van der Waals surface area contributed by atoms with E-state index in [1.807, 2.05) is 0 Å². The molecule has 1 aliphatic heterocycles. The molecule has 1 aliphatic rings. The van der Waals surface area contributed by atoms with E-state index in [0.29, 0.717) is 22.9 Å². The maximum atomic E-state index is 12.2. The Bertz CT molecular complexity index is 730. The van der Waals surface area contributed by atoms with Gasteiger partial charge in [0.1, 0.15) is 11.5 Å². The van der Waals surface area contributed by atoms with Crippen molar-refractivity contribution in [3.63, 3.8) is 0 Å². The van der Waals surface area contributed by atoms with Gasteiger partial charge in [-0.3, -0.25) is 9.59 Å². The Balaban J connectivity index is 1.76. The first kappa shape index (κ1) is 13.9. The van der Waals surface area contributed by atoms with E-state index in [4.69, 9.17) is 9.47 Å². The minimum Gasteiger partial charge on any atom is -0.497 e. The van der Waals surface area contributed by atoms with Crippen LogP contribution >= 0.6 is 0 Å². The molecule has 2 amide bonds. The summed E-state index contributed by atoms with van der Waals surface area (Å²) in [6, 6.07) is 13.8. The number of hydrogen-bond donors (Lipinski definition) is 2. The fraction of sp³-hybridized carbons (Fsp3) is 0.125. The minimum atomic E-state index is -1.24. The summed E-state index contributed by atoms with van der Waals surface area (Å²) < 4.78 is 10.6. The van der Waals surface area contributed by atoms with E-state index in [9.17, 15) is 9.59 Å². The van der Waals surface area contributed by atoms with Crippen LogP contribution in [0.25, 0.3) is 0 Å². The number of nitrogens with one attached hydrogen (secondary N) is 2. The van der Waals surface area contributed by atoms with E-state index in [1.54, 1.807) is 48.5 Å². The predicted molar refractivity (Wildman–Crippen MR) is 81.1 cm³/mol. The van der Waals surface area contributed by atoms with E-state index in [2.05, 4.69) is 10.6 Å². The highest BCUT2D eigenvalue weighted by Crippen LogP contribution is 2.29. The fourth-order valence-electron chi connectivity index (χ4n) is 2.13. The van der Waals surface area contributed by atoms with Crippen molar-refractivity contribution in [3.8, 4) is 11.5 Å². The van der Waals surface area contributed by atoms with Crippen LogP contribution in [0.5, 0.6) is 11.5 Å². The number of carbonyl (C=O) groups excluding carboxylic acids is 2. The number of rotatable bonds is 3. The maximum Gasteiger partial charge on any atom is 0.275 e. The van der Waals surface area contributed by atoms with Gasteiger partial charge in [0, 0.05) is 11.8 Å². The molecule has 22 heavy (non-hydrogen) atoms. The Morgan fingerprint density at radius 1 is 1.23 bits per heavy atom. The molecule has 0 bridgehead atoms. The molecule has 2 aromatic carbocycles. The van der Waals surface area contributed by atoms with E-state index < -0.39 is 17.9 Å². The molecular formula is C16H14N2O4. The summed E-state index contributed by atoms with van der Waals surface area (Å²) >= 11 is 0. The number of ether oxygens (including phenoxy) is 2. The topological polar surface area (TPSA) is 76.7 Å². The molecule has 1 atom stereocenters. The molecule has 2 aromatic rings. The Morgan fingerprint density at radius 2 is 2.05 bits per heavy atom. The quantitative estimate of drug-likeness (QED) is 0.850. The number of fused-ring (bicyclic) bond motifs is 1. The molecule has 0 fully saturated rings. The van der Waals surface area contributed by atoms with Crippen molar-refractivity contribution in [1.29, 1.82) is 0 Å². The molecular weight excluding hydrogens is 284 g/mol. The van der Waals surface area contributed by atoms with E-state index in [1.165, 1.54) is 7.11 Å². The van der Waals surface area contributed by atoms with Crippen LogP contribution in [-0.2, 0) is 9.59 Å². The molecule has 0 aromatic heterocycles. The van der Waals surface area contributed by atoms with Crippen molar-refractivity contribution in [2.45, 2.75) is 6.10 Å². The number of hydrogen-bond acceptors (Lipinski definition) is 4. The second kappa shape index (κ2) is 5.77. The zero-order chi connectivity index (χ0) is 15.5. The number of methoxy groups -OCH3 is 1. The number of carbonyl (C=O) groups is 2. The normalized spacial score (nSPS) is 16.0. The van der Waals surface area contributed by atoms with Crippen molar-refractivity contribution in [2.75, 3.05) is 17.7 Å². The van der Waals surface area contributed by atoms with Crippen LogP contribution < -0.4 is 20.1 Å². The van der Waals surface area contributed by atoms with Gasteiger partial charge in [0.25, 0.3) is 17.9 Å². The summed E-state index contributed by atoms with van der Waals surface area (Å²) in [5, 5.41) is 5.29. The van der Waals surface area contributed by atoms with Crippen molar-refractivity contribution in [2.24, 2.45) is 0 Å². The highest BCUT2D eigenvalue weighted by Gasteiger charge is 2.33. The lowest BCUT2D eigenvalue weighted by molar-refractivity contribution is -0.133. The van der Waals surface area contributed by atoms with Crippen LogP contribution in [0.4, 0.5) is 11.4 Å². The molecule has 0 radical (unpaired) electrons. The molecule has 3 rings (SSSR count). The van der Waals surface area contributed by atoms with Crippen LogP contribution in [0, 0.1) is 0 Å². The van der Waals surface area contributed by atoms with Gasteiger partial charge in [0.15, 0.2) is 0 Å². The number of benzene rings is 2. The molecule has 1 heterocycles. The molecule has 0 aliphatic carbocycles. The zero-order valence-electron chi connectivity index (χ0n) is 11.8. The van der Waals surface area contributed by atoms with E-state index in [0.717, 1.165) is 0 Å². The zero-order valence-corrected chi connectivity index (χ0v) is 11.8. The molecule has 0 saturated carbocycles. The average molecular weight is 298 g/mol. The fourth-order valence-corrected chi connectivity index (χ4v) is 2.13. The first-order valence-electron chi connectivity index (χ1n) is 6.69. The Kier molecular flexibility index (Phi) is 3.65. The molecule has 6 nitrogen and oxygen atoms in total. The number of amides is 2. The molecule has 6 heteroatoms. The lowest BCUT2D eigenvalue weighted by Gasteiger charge is -2.24. The minimum absolute atomic E-state index is 0.466. The largest absolute Gasteiger partial charge is 0.497 e. The van der Waals surface area contributed by atoms with Gasteiger partial charge < -0.3 is 20.1 Å².